The first kappa shape index (κ1) is 27.3. The number of benzene rings is 2. The summed E-state index contributed by atoms with van der Waals surface area (Å²) < 4.78 is 1.73. The normalized spacial score (nSPS) is 12.0. The van der Waals surface area contributed by atoms with E-state index in [1.165, 1.54) is 11.3 Å². The number of aryl methyl sites for hydroxylation is 2. The first-order chi connectivity index (χ1) is 19.3. The van der Waals surface area contributed by atoms with E-state index in [0.29, 0.717) is 44.9 Å². The third kappa shape index (κ3) is 5.41. The molecule has 0 aliphatic carbocycles. The van der Waals surface area contributed by atoms with Crippen LogP contribution in [0.5, 0.6) is 0 Å². The lowest BCUT2D eigenvalue weighted by Gasteiger charge is -2.19. The Labute approximate surface area is 238 Å². The molecule has 0 radical (unpaired) electrons. The van der Waals surface area contributed by atoms with E-state index < -0.39 is 17.9 Å². The molecule has 5 rings (SSSR count). The number of H-pyrrole nitrogens is 1. The summed E-state index contributed by atoms with van der Waals surface area (Å²) in [7, 11) is 0. The maximum atomic E-state index is 13.7. The predicted octanol–water partition coefficient (Wildman–Crippen LogP) is 5.90. The van der Waals surface area contributed by atoms with Crippen LogP contribution in [0.2, 0.25) is 5.02 Å². The number of carbonyl (C=O) groups excluding carboxylic acids is 2. The molecule has 0 fully saturated rings. The molecular formula is C29H26ClN5O4S. The van der Waals surface area contributed by atoms with Gasteiger partial charge in [-0.25, -0.2) is 0 Å². The Morgan fingerprint density at radius 3 is 2.55 bits per heavy atom. The third-order valence-electron chi connectivity index (χ3n) is 6.57. The first-order valence-electron chi connectivity index (χ1n) is 12.7. The zero-order valence-electron chi connectivity index (χ0n) is 21.8. The van der Waals surface area contributed by atoms with Gasteiger partial charge in [0.15, 0.2) is 11.6 Å². The number of nitrogens with zero attached hydrogens (tertiary/aromatic N) is 3. The van der Waals surface area contributed by atoms with Gasteiger partial charge in [0.05, 0.1) is 16.6 Å². The summed E-state index contributed by atoms with van der Waals surface area (Å²) in [6.07, 6.45) is 0.558. The Kier molecular flexibility index (Phi) is 7.81. The number of carbonyl (C=O) groups is 3. The molecule has 0 spiro atoms. The van der Waals surface area contributed by atoms with Crippen molar-refractivity contribution in [3.63, 3.8) is 0 Å². The lowest BCUT2D eigenvalue weighted by Crippen LogP contribution is -2.31. The minimum Gasteiger partial charge on any atom is -0.481 e. The van der Waals surface area contributed by atoms with E-state index in [-0.39, 0.29) is 18.6 Å². The van der Waals surface area contributed by atoms with Crippen LogP contribution in [0.3, 0.4) is 0 Å². The molecule has 3 heterocycles. The molecule has 0 saturated heterocycles. The molecular weight excluding hydrogens is 550 g/mol. The average Bonchev–Trinajstić information content (AvgIpc) is 3.67. The molecule has 5 aromatic rings. The molecule has 1 amide bonds. The van der Waals surface area contributed by atoms with Crippen LogP contribution in [0.15, 0.2) is 60.7 Å². The minimum atomic E-state index is -1.01. The number of halogens is 1. The van der Waals surface area contributed by atoms with Crippen LogP contribution in [-0.2, 0) is 11.2 Å². The van der Waals surface area contributed by atoms with Gasteiger partial charge < -0.3 is 15.4 Å². The third-order valence-corrected chi connectivity index (χ3v) is 8.16. The van der Waals surface area contributed by atoms with Crippen molar-refractivity contribution in [2.24, 2.45) is 0 Å². The fourth-order valence-corrected chi connectivity index (χ4v) is 5.91. The Morgan fingerprint density at radius 1 is 1.07 bits per heavy atom. The summed E-state index contributed by atoms with van der Waals surface area (Å²) in [5, 5.41) is 22.8. The zero-order valence-corrected chi connectivity index (χ0v) is 23.3. The summed E-state index contributed by atoms with van der Waals surface area (Å²) in [5.41, 5.74) is 1.94. The number of amides is 1. The smallest absolute Gasteiger partial charge is 0.303 e. The summed E-state index contributed by atoms with van der Waals surface area (Å²) in [6, 6.07) is 17.1. The number of nitrogens with one attached hydrogen (secondary N) is 2. The van der Waals surface area contributed by atoms with Gasteiger partial charge in [-0.05, 0) is 50.1 Å². The lowest BCUT2D eigenvalue weighted by atomic mass is 10.0. The van der Waals surface area contributed by atoms with Gasteiger partial charge >= 0.3 is 5.97 Å². The summed E-state index contributed by atoms with van der Waals surface area (Å²) in [4.78, 5) is 42.6. The van der Waals surface area contributed by atoms with Gasteiger partial charge in [-0.3, -0.25) is 19.0 Å². The molecule has 1 atom stereocenters. The highest BCUT2D eigenvalue weighted by Gasteiger charge is 2.29. The number of thiophene rings is 1. The van der Waals surface area contributed by atoms with Crippen LogP contribution in [0, 0.1) is 6.92 Å². The standard InChI is InChI=1S/C29H26ClN5O4S/c1-3-18-15-20(26(38)19-9-5-6-10-21(19)30)29(40-18)35-16(2)33-34-27(35)23(12-13-25(36)37)32-28(39)24-14-17-8-4-7-11-22(17)31-24/h4-11,14-15,23,31H,3,12-13H2,1-2H3,(H,32,39)(H,36,37). The van der Waals surface area contributed by atoms with Crippen molar-refractivity contribution in [3.8, 4) is 5.00 Å². The van der Waals surface area contributed by atoms with E-state index >= 15 is 0 Å². The molecule has 0 aliphatic rings. The number of hydrogen-bond acceptors (Lipinski definition) is 6. The molecule has 0 bridgehead atoms. The van der Waals surface area contributed by atoms with E-state index in [0.717, 1.165) is 15.8 Å². The molecule has 3 aromatic heterocycles. The van der Waals surface area contributed by atoms with Crippen LogP contribution < -0.4 is 5.32 Å². The number of hydrogen-bond donors (Lipinski definition) is 3. The first-order valence-corrected chi connectivity index (χ1v) is 13.9. The Bertz CT molecular complexity index is 1700. The molecule has 1 unspecified atom stereocenters. The van der Waals surface area contributed by atoms with Gasteiger partial charge in [-0.1, -0.05) is 48.9 Å². The monoisotopic (exact) mass is 575 g/mol. The lowest BCUT2D eigenvalue weighted by molar-refractivity contribution is -0.137. The number of aromatic amines is 1. The summed E-state index contributed by atoms with van der Waals surface area (Å²) in [6.45, 7) is 3.74. The average molecular weight is 576 g/mol. The molecule has 0 saturated carbocycles. The van der Waals surface area contributed by atoms with Crippen LogP contribution in [0.1, 0.15) is 68.7 Å². The molecule has 2 aromatic carbocycles. The van der Waals surface area contributed by atoms with Crippen molar-refractivity contribution in [3.05, 3.63) is 99.0 Å². The number of ketones is 1. The van der Waals surface area contributed by atoms with Gasteiger partial charge in [-0.2, -0.15) is 0 Å². The van der Waals surface area contributed by atoms with Crippen molar-refractivity contribution in [2.45, 2.75) is 39.2 Å². The van der Waals surface area contributed by atoms with Crippen molar-refractivity contribution >= 4 is 51.5 Å². The highest BCUT2D eigenvalue weighted by Crippen LogP contribution is 2.34. The van der Waals surface area contributed by atoms with E-state index in [1.807, 2.05) is 37.3 Å². The van der Waals surface area contributed by atoms with Crippen LogP contribution in [0.25, 0.3) is 15.9 Å². The largest absolute Gasteiger partial charge is 0.481 e. The number of rotatable bonds is 10. The fraction of sp³-hybridized carbons (Fsp3) is 0.207. The number of aromatic nitrogens is 4. The van der Waals surface area contributed by atoms with Gasteiger partial charge in [0.25, 0.3) is 5.91 Å². The maximum Gasteiger partial charge on any atom is 0.303 e. The van der Waals surface area contributed by atoms with Gasteiger partial charge in [-0.15, -0.1) is 21.5 Å². The Morgan fingerprint density at radius 2 is 1.82 bits per heavy atom. The second-order valence-electron chi connectivity index (χ2n) is 9.26. The fourth-order valence-electron chi connectivity index (χ4n) is 4.55. The molecule has 9 nitrogen and oxygen atoms in total. The highest BCUT2D eigenvalue weighted by atomic mass is 35.5. The van der Waals surface area contributed by atoms with Crippen molar-refractivity contribution in [1.29, 1.82) is 0 Å². The Balaban J connectivity index is 1.57. The summed E-state index contributed by atoms with van der Waals surface area (Å²) >= 11 is 7.78. The number of carboxylic acid groups (broad SMARTS) is 1. The topological polar surface area (TPSA) is 130 Å². The van der Waals surface area contributed by atoms with Crippen LogP contribution in [0.4, 0.5) is 0 Å². The SMILES string of the molecule is CCc1cc(C(=O)c2ccccc2Cl)c(-n2c(C)nnc2C(CCC(=O)O)NC(=O)c2cc3ccccc3[nH]2)s1. The predicted molar refractivity (Wildman–Crippen MR) is 154 cm³/mol. The molecule has 204 valence electrons. The molecule has 3 N–H and O–H groups in total. The second-order valence-corrected chi connectivity index (χ2v) is 10.8. The zero-order chi connectivity index (χ0) is 28.4. The quantitative estimate of drug-likeness (QED) is 0.178. The van der Waals surface area contributed by atoms with Gasteiger partial charge in [0.2, 0.25) is 0 Å². The van der Waals surface area contributed by atoms with Gasteiger partial charge in [0.1, 0.15) is 16.5 Å². The molecule has 0 aliphatic heterocycles. The minimum absolute atomic E-state index is 0.0687. The second kappa shape index (κ2) is 11.4. The molecule has 40 heavy (non-hydrogen) atoms. The van der Waals surface area contributed by atoms with Crippen molar-refractivity contribution in [2.75, 3.05) is 0 Å². The number of aliphatic carboxylic acids is 1. The van der Waals surface area contributed by atoms with Crippen molar-refractivity contribution < 1.29 is 19.5 Å². The maximum absolute atomic E-state index is 13.7. The van der Waals surface area contributed by atoms with Crippen molar-refractivity contribution in [1.82, 2.24) is 25.1 Å². The van der Waals surface area contributed by atoms with Crippen LogP contribution in [-0.4, -0.2) is 42.5 Å². The number of carboxylic acids is 1. The summed E-state index contributed by atoms with van der Waals surface area (Å²) in [5.74, 6) is -0.841. The van der Waals surface area contributed by atoms with E-state index in [1.54, 1.807) is 41.8 Å². The highest BCUT2D eigenvalue weighted by molar-refractivity contribution is 7.15. The Hall–Kier alpha value is -4.28. The van der Waals surface area contributed by atoms with Crippen LogP contribution >= 0.6 is 22.9 Å². The number of para-hydroxylation sites is 1. The number of fused-ring (bicyclic) bond motifs is 1. The van der Waals surface area contributed by atoms with E-state index in [9.17, 15) is 19.5 Å². The van der Waals surface area contributed by atoms with Gasteiger partial charge in [0, 0.05) is 27.8 Å². The van der Waals surface area contributed by atoms with E-state index in [4.69, 9.17) is 11.6 Å². The molecule has 11 heteroatoms. The van der Waals surface area contributed by atoms with E-state index in [2.05, 4.69) is 20.5 Å².